The molecule has 1 heterocycles. The Hall–Kier alpha value is -1.26. The summed E-state index contributed by atoms with van der Waals surface area (Å²) >= 11 is 12.0. The molecule has 4 nitrogen and oxygen atoms in total. The van der Waals surface area contributed by atoms with Crippen molar-refractivity contribution in [1.82, 2.24) is 5.32 Å². The molecule has 102 valence electrons. The molecule has 0 spiro atoms. The summed E-state index contributed by atoms with van der Waals surface area (Å²) in [6.07, 6.45) is 0.360. The minimum Gasteiger partial charge on any atom is -0.461 e. The van der Waals surface area contributed by atoms with E-state index < -0.39 is 12.0 Å². The van der Waals surface area contributed by atoms with Crippen LogP contribution in [-0.4, -0.2) is 24.0 Å². The molecule has 1 N–H and O–H groups in total. The van der Waals surface area contributed by atoms with Gasteiger partial charge in [-0.25, -0.2) is 4.79 Å². The standard InChI is InChI=1S/C13H13Cl2NO3/c1-7-5-11(13(18)19-7)16-12(17)6-8-9(14)3-2-4-10(8)15/h2-4,7,11H,5-6H2,1H3,(H,16,17). The summed E-state index contributed by atoms with van der Waals surface area (Å²) in [4.78, 5) is 23.3. The van der Waals surface area contributed by atoms with Gasteiger partial charge in [0, 0.05) is 16.5 Å². The average molecular weight is 302 g/mol. The number of nitrogens with one attached hydrogen (secondary N) is 1. The summed E-state index contributed by atoms with van der Waals surface area (Å²) in [5.41, 5.74) is 0.558. The van der Waals surface area contributed by atoms with Crippen molar-refractivity contribution in [2.75, 3.05) is 0 Å². The van der Waals surface area contributed by atoms with E-state index in [9.17, 15) is 9.59 Å². The van der Waals surface area contributed by atoms with Crippen LogP contribution in [0, 0.1) is 0 Å². The molecule has 19 heavy (non-hydrogen) atoms. The number of hydrogen-bond acceptors (Lipinski definition) is 3. The first-order valence-electron chi connectivity index (χ1n) is 5.90. The molecule has 0 bridgehead atoms. The van der Waals surface area contributed by atoms with Gasteiger partial charge in [-0.2, -0.15) is 0 Å². The molecule has 0 radical (unpaired) electrons. The number of benzene rings is 1. The summed E-state index contributed by atoms with van der Waals surface area (Å²) in [6.45, 7) is 1.79. The Bertz CT molecular complexity index is 498. The van der Waals surface area contributed by atoms with Gasteiger partial charge >= 0.3 is 5.97 Å². The maximum atomic E-state index is 11.9. The van der Waals surface area contributed by atoms with Crippen molar-refractivity contribution in [3.8, 4) is 0 Å². The SMILES string of the molecule is CC1CC(NC(=O)Cc2c(Cl)cccc2Cl)C(=O)O1. The molecule has 1 aliphatic heterocycles. The van der Waals surface area contributed by atoms with Gasteiger partial charge in [0.05, 0.1) is 6.42 Å². The molecular weight excluding hydrogens is 289 g/mol. The minimum atomic E-state index is -0.580. The number of rotatable bonds is 3. The highest BCUT2D eigenvalue weighted by molar-refractivity contribution is 6.36. The third-order valence-corrected chi connectivity index (χ3v) is 3.61. The normalized spacial score (nSPS) is 22.2. The number of carbonyl (C=O) groups excluding carboxylic acids is 2. The van der Waals surface area contributed by atoms with Crippen LogP contribution >= 0.6 is 23.2 Å². The van der Waals surface area contributed by atoms with Crippen LogP contribution in [0.3, 0.4) is 0 Å². The second-order valence-corrected chi connectivity index (χ2v) is 5.29. The molecule has 2 rings (SSSR count). The molecular formula is C13H13Cl2NO3. The third kappa shape index (κ3) is 3.39. The summed E-state index contributed by atoms with van der Waals surface area (Å²) in [5.74, 6) is -0.697. The Balaban J connectivity index is 2.00. The van der Waals surface area contributed by atoms with Crippen molar-refractivity contribution in [3.63, 3.8) is 0 Å². The zero-order chi connectivity index (χ0) is 14.0. The van der Waals surface area contributed by atoms with Crippen molar-refractivity contribution in [2.24, 2.45) is 0 Å². The minimum absolute atomic E-state index is 0.0384. The van der Waals surface area contributed by atoms with Crippen LogP contribution < -0.4 is 5.32 Å². The maximum Gasteiger partial charge on any atom is 0.329 e. The Kier molecular flexibility index (Phi) is 4.32. The van der Waals surface area contributed by atoms with Gasteiger partial charge in [-0.05, 0) is 24.6 Å². The van der Waals surface area contributed by atoms with Gasteiger partial charge in [-0.15, -0.1) is 0 Å². The highest BCUT2D eigenvalue weighted by Crippen LogP contribution is 2.24. The van der Waals surface area contributed by atoms with Crippen LogP contribution in [0.15, 0.2) is 18.2 Å². The van der Waals surface area contributed by atoms with E-state index in [0.29, 0.717) is 22.0 Å². The largest absolute Gasteiger partial charge is 0.461 e. The second-order valence-electron chi connectivity index (χ2n) is 4.48. The lowest BCUT2D eigenvalue weighted by Crippen LogP contribution is -2.38. The van der Waals surface area contributed by atoms with Gasteiger partial charge < -0.3 is 10.1 Å². The van der Waals surface area contributed by atoms with Crippen molar-refractivity contribution in [2.45, 2.75) is 31.9 Å². The number of amides is 1. The van der Waals surface area contributed by atoms with Crippen LogP contribution in [0.25, 0.3) is 0 Å². The fraction of sp³-hybridized carbons (Fsp3) is 0.385. The number of carbonyl (C=O) groups is 2. The lowest BCUT2D eigenvalue weighted by atomic mass is 10.1. The first kappa shape index (κ1) is 14.2. The van der Waals surface area contributed by atoms with E-state index >= 15 is 0 Å². The first-order chi connectivity index (χ1) is 8.97. The van der Waals surface area contributed by atoms with Crippen LogP contribution in [0.1, 0.15) is 18.9 Å². The molecule has 1 aliphatic rings. The fourth-order valence-corrected chi connectivity index (χ4v) is 2.51. The van der Waals surface area contributed by atoms with Gasteiger partial charge in [0.1, 0.15) is 12.1 Å². The number of esters is 1. The Labute approximate surface area is 121 Å². The number of ether oxygens (including phenoxy) is 1. The van der Waals surface area contributed by atoms with Crippen LogP contribution in [0.2, 0.25) is 10.0 Å². The van der Waals surface area contributed by atoms with Crippen molar-refractivity contribution < 1.29 is 14.3 Å². The van der Waals surface area contributed by atoms with Crippen molar-refractivity contribution in [1.29, 1.82) is 0 Å². The first-order valence-corrected chi connectivity index (χ1v) is 6.65. The zero-order valence-corrected chi connectivity index (χ0v) is 11.8. The van der Waals surface area contributed by atoms with Gasteiger partial charge in [0.25, 0.3) is 0 Å². The predicted octanol–water partition coefficient (Wildman–Crippen LogP) is 2.36. The molecule has 1 fully saturated rings. The molecule has 2 unspecified atom stereocenters. The quantitative estimate of drug-likeness (QED) is 0.872. The smallest absolute Gasteiger partial charge is 0.329 e. The maximum absolute atomic E-state index is 11.9. The summed E-state index contributed by atoms with van der Waals surface area (Å²) in [6, 6.07) is 4.47. The monoisotopic (exact) mass is 301 g/mol. The second kappa shape index (κ2) is 5.80. The molecule has 1 aromatic carbocycles. The van der Waals surface area contributed by atoms with E-state index in [4.69, 9.17) is 27.9 Å². The lowest BCUT2D eigenvalue weighted by Gasteiger charge is -2.10. The Morgan fingerprint density at radius 1 is 1.42 bits per heavy atom. The Morgan fingerprint density at radius 2 is 2.05 bits per heavy atom. The van der Waals surface area contributed by atoms with Crippen LogP contribution in [-0.2, 0) is 20.7 Å². The predicted molar refractivity (Wildman–Crippen MR) is 72.3 cm³/mol. The molecule has 1 amide bonds. The van der Waals surface area contributed by atoms with Crippen LogP contribution in [0.5, 0.6) is 0 Å². The van der Waals surface area contributed by atoms with E-state index in [0.717, 1.165) is 0 Å². The fourth-order valence-electron chi connectivity index (χ4n) is 1.98. The van der Waals surface area contributed by atoms with Crippen LogP contribution in [0.4, 0.5) is 0 Å². The molecule has 1 aromatic rings. The summed E-state index contributed by atoms with van der Waals surface area (Å²) < 4.78 is 4.97. The van der Waals surface area contributed by atoms with Gasteiger partial charge in [0.15, 0.2) is 0 Å². The molecule has 6 heteroatoms. The summed E-state index contributed by atoms with van der Waals surface area (Å²) in [7, 11) is 0. The van der Waals surface area contributed by atoms with Gasteiger partial charge in [0.2, 0.25) is 5.91 Å². The highest BCUT2D eigenvalue weighted by Gasteiger charge is 2.32. The number of cyclic esters (lactones) is 1. The van der Waals surface area contributed by atoms with Crippen molar-refractivity contribution >= 4 is 35.1 Å². The van der Waals surface area contributed by atoms with Gasteiger partial charge in [-0.1, -0.05) is 29.3 Å². The third-order valence-electron chi connectivity index (χ3n) is 2.90. The average Bonchev–Trinajstić information content (AvgIpc) is 2.63. The lowest BCUT2D eigenvalue weighted by molar-refractivity contribution is -0.143. The zero-order valence-electron chi connectivity index (χ0n) is 10.3. The molecule has 0 aromatic heterocycles. The highest BCUT2D eigenvalue weighted by atomic mass is 35.5. The summed E-state index contributed by atoms with van der Waals surface area (Å²) in [5, 5.41) is 3.50. The molecule has 2 atom stereocenters. The topological polar surface area (TPSA) is 55.4 Å². The Morgan fingerprint density at radius 3 is 2.58 bits per heavy atom. The number of halogens is 2. The molecule has 1 saturated heterocycles. The van der Waals surface area contributed by atoms with E-state index in [2.05, 4.69) is 5.32 Å². The van der Waals surface area contributed by atoms with E-state index in [-0.39, 0.29) is 18.4 Å². The van der Waals surface area contributed by atoms with E-state index in [1.54, 1.807) is 25.1 Å². The van der Waals surface area contributed by atoms with Gasteiger partial charge in [-0.3, -0.25) is 4.79 Å². The molecule has 0 aliphatic carbocycles. The number of hydrogen-bond donors (Lipinski definition) is 1. The molecule has 0 saturated carbocycles. The van der Waals surface area contributed by atoms with E-state index in [1.807, 2.05) is 0 Å². The van der Waals surface area contributed by atoms with Crippen molar-refractivity contribution in [3.05, 3.63) is 33.8 Å². The van der Waals surface area contributed by atoms with E-state index in [1.165, 1.54) is 0 Å².